The highest BCUT2D eigenvalue weighted by atomic mass is 16.5. The number of aliphatic hydroxyl groups excluding tert-OH is 1. The van der Waals surface area contributed by atoms with Gasteiger partial charge in [0.25, 0.3) is 5.97 Å². The fourth-order valence-electron chi connectivity index (χ4n) is 3.87. The second-order valence-corrected chi connectivity index (χ2v) is 7.58. The molecule has 180 valence electrons. The molecule has 1 aliphatic rings. The van der Waals surface area contributed by atoms with Crippen LogP contribution in [0.25, 0.3) is 0 Å². The number of aliphatic hydroxyl groups is 1. The summed E-state index contributed by atoms with van der Waals surface area (Å²) < 4.78 is 16.1. The normalized spacial score (nSPS) is 19.5. The van der Waals surface area contributed by atoms with Gasteiger partial charge >= 0.3 is 0 Å². The van der Waals surface area contributed by atoms with Crippen molar-refractivity contribution in [1.82, 2.24) is 10.6 Å². The fraction of sp³-hybridized carbons (Fsp3) is 0.417. The molecule has 4 N–H and O–H groups in total. The number of nitrogens with one attached hydrogen (secondary N) is 2. The van der Waals surface area contributed by atoms with Crippen molar-refractivity contribution in [3.05, 3.63) is 53.6 Å². The Kier molecular flexibility index (Phi) is 9.50. The number of piperidine rings is 1. The van der Waals surface area contributed by atoms with E-state index in [0.717, 1.165) is 18.1 Å². The first-order valence-corrected chi connectivity index (χ1v) is 10.5. The quantitative estimate of drug-likeness (QED) is 0.492. The van der Waals surface area contributed by atoms with Crippen LogP contribution >= 0.6 is 0 Å². The predicted molar refractivity (Wildman–Crippen MR) is 123 cm³/mol. The molecule has 0 aliphatic carbocycles. The van der Waals surface area contributed by atoms with Gasteiger partial charge in [-0.15, -0.1) is 0 Å². The number of aliphatic carboxylic acids is 1. The van der Waals surface area contributed by atoms with Crippen LogP contribution in [0.5, 0.6) is 17.2 Å². The summed E-state index contributed by atoms with van der Waals surface area (Å²) in [5.74, 6) is 0.446. The standard InChI is InChI=1S/C22H28N2O5.C2H4O2/c1-27-17-11-15(12-18(28-2)21(17)29-3)13-20(26)24-22(9-10-23-14-19(22)25)16-7-5-4-6-8-16;1-2(3)4/h4-8,11-12,19,23,25H,9-10,13-14H2,1-3H3,(H,24,26);1H3,(H,3,4)/t19-,22-;/m1./s1. The summed E-state index contributed by atoms with van der Waals surface area (Å²) in [5.41, 5.74) is 0.792. The highest BCUT2D eigenvalue weighted by Crippen LogP contribution is 2.38. The molecule has 33 heavy (non-hydrogen) atoms. The largest absolute Gasteiger partial charge is 0.493 e. The average molecular weight is 461 g/mol. The highest BCUT2D eigenvalue weighted by Gasteiger charge is 2.42. The van der Waals surface area contributed by atoms with Crippen molar-refractivity contribution >= 4 is 11.9 Å². The van der Waals surface area contributed by atoms with E-state index in [1.54, 1.807) is 12.1 Å². The molecule has 1 heterocycles. The molecule has 2 atom stereocenters. The van der Waals surface area contributed by atoms with E-state index < -0.39 is 17.6 Å². The van der Waals surface area contributed by atoms with Gasteiger partial charge in [-0.1, -0.05) is 30.3 Å². The first-order chi connectivity index (χ1) is 15.8. The molecular formula is C24H32N2O7. The van der Waals surface area contributed by atoms with E-state index in [0.29, 0.717) is 36.8 Å². The van der Waals surface area contributed by atoms with Crippen molar-refractivity contribution in [2.75, 3.05) is 34.4 Å². The molecule has 0 aromatic heterocycles. The van der Waals surface area contributed by atoms with E-state index in [2.05, 4.69) is 10.6 Å². The number of ether oxygens (including phenoxy) is 3. The minimum absolute atomic E-state index is 0.117. The second-order valence-electron chi connectivity index (χ2n) is 7.58. The zero-order chi connectivity index (χ0) is 24.4. The van der Waals surface area contributed by atoms with Crippen LogP contribution < -0.4 is 24.8 Å². The number of amides is 1. The van der Waals surface area contributed by atoms with E-state index in [1.165, 1.54) is 21.3 Å². The average Bonchev–Trinajstić information content (AvgIpc) is 2.80. The van der Waals surface area contributed by atoms with Crippen LogP contribution in [-0.4, -0.2) is 62.6 Å². The van der Waals surface area contributed by atoms with Crippen LogP contribution in [-0.2, 0) is 21.5 Å². The Balaban J connectivity index is 0.000000890. The van der Waals surface area contributed by atoms with E-state index in [4.69, 9.17) is 24.1 Å². The highest BCUT2D eigenvalue weighted by molar-refractivity contribution is 5.80. The van der Waals surface area contributed by atoms with Gasteiger partial charge in [0.15, 0.2) is 11.5 Å². The Morgan fingerprint density at radius 1 is 1.09 bits per heavy atom. The van der Waals surface area contributed by atoms with Crippen molar-refractivity contribution in [3.63, 3.8) is 0 Å². The zero-order valence-corrected chi connectivity index (χ0v) is 19.4. The topological polar surface area (TPSA) is 126 Å². The number of hydrogen-bond acceptors (Lipinski definition) is 7. The summed E-state index contributed by atoms with van der Waals surface area (Å²) in [6.07, 6.45) is -0.0208. The number of methoxy groups -OCH3 is 3. The predicted octanol–water partition coefficient (Wildman–Crippen LogP) is 1.71. The molecule has 0 spiro atoms. The Labute approximate surface area is 193 Å². The minimum atomic E-state index is -0.833. The molecule has 3 rings (SSSR count). The maximum Gasteiger partial charge on any atom is 0.300 e. The number of carbonyl (C=O) groups excluding carboxylic acids is 1. The molecule has 1 fully saturated rings. The minimum Gasteiger partial charge on any atom is -0.493 e. The Hall–Kier alpha value is -3.30. The molecule has 1 amide bonds. The summed E-state index contributed by atoms with van der Waals surface area (Å²) in [6.45, 7) is 2.20. The number of carboxylic acids is 1. The zero-order valence-electron chi connectivity index (χ0n) is 19.4. The summed E-state index contributed by atoms with van der Waals surface area (Å²) in [5, 5.41) is 24.5. The Bertz CT molecular complexity index is 907. The monoisotopic (exact) mass is 460 g/mol. The lowest BCUT2D eigenvalue weighted by molar-refractivity contribution is -0.134. The van der Waals surface area contributed by atoms with Gasteiger partial charge in [-0.05, 0) is 36.2 Å². The SMILES string of the molecule is CC(=O)O.COc1cc(CC(=O)N[C@@]2(c3ccccc3)CCNC[C@H]2O)cc(OC)c1OC. The van der Waals surface area contributed by atoms with Crippen molar-refractivity contribution in [2.24, 2.45) is 0 Å². The van der Waals surface area contributed by atoms with Crippen molar-refractivity contribution < 1.29 is 34.0 Å². The number of carbonyl (C=O) groups is 2. The molecule has 9 nitrogen and oxygen atoms in total. The molecule has 9 heteroatoms. The molecule has 0 radical (unpaired) electrons. The van der Waals surface area contributed by atoms with Crippen molar-refractivity contribution in [1.29, 1.82) is 0 Å². The number of benzene rings is 2. The lowest BCUT2D eigenvalue weighted by Crippen LogP contribution is -2.61. The first kappa shape index (κ1) is 26.0. The van der Waals surface area contributed by atoms with Gasteiger partial charge < -0.3 is 35.1 Å². The van der Waals surface area contributed by atoms with E-state index >= 15 is 0 Å². The van der Waals surface area contributed by atoms with Crippen LogP contribution in [0.1, 0.15) is 24.5 Å². The van der Waals surface area contributed by atoms with Crippen molar-refractivity contribution in [2.45, 2.75) is 31.4 Å². The molecule has 0 bridgehead atoms. The van der Waals surface area contributed by atoms with E-state index in [9.17, 15) is 9.90 Å². The number of rotatable bonds is 7. The van der Waals surface area contributed by atoms with Crippen LogP contribution in [0.15, 0.2) is 42.5 Å². The molecule has 0 saturated carbocycles. The lowest BCUT2D eigenvalue weighted by atomic mass is 9.79. The van der Waals surface area contributed by atoms with Crippen LogP contribution in [0.3, 0.4) is 0 Å². The molecule has 1 aliphatic heterocycles. The molecular weight excluding hydrogens is 428 g/mol. The number of carboxylic acid groups (broad SMARTS) is 1. The second kappa shape index (κ2) is 12.1. The van der Waals surface area contributed by atoms with Gasteiger partial charge in [0.1, 0.15) is 0 Å². The molecule has 1 saturated heterocycles. The molecule has 0 unspecified atom stereocenters. The van der Waals surface area contributed by atoms with Crippen LogP contribution in [0, 0.1) is 0 Å². The van der Waals surface area contributed by atoms with E-state index in [1.807, 2.05) is 30.3 Å². The smallest absolute Gasteiger partial charge is 0.300 e. The van der Waals surface area contributed by atoms with Gasteiger partial charge in [0.2, 0.25) is 11.7 Å². The Morgan fingerprint density at radius 3 is 2.15 bits per heavy atom. The van der Waals surface area contributed by atoms with E-state index in [-0.39, 0.29) is 12.3 Å². The van der Waals surface area contributed by atoms with Crippen molar-refractivity contribution in [3.8, 4) is 17.2 Å². The maximum absolute atomic E-state index is 13.0. The lowest BCUT2D eigenvalue weighted by Gasteiger charge is -2.43. The summed E-state index contributed by atoms with van der Waals surface area (Å²) >= 11 is 0. The number of β-amino-alcohol motifs (C(OH)–C–C–N with tert-alkyl or cyclic N) is 1. The third-order valence-corrected chi connectivity index (χ3v) is 5.34. The Morgan fingerprint density at radius 2 is 1.67 bits per heavy atom. The van der Waals surface area contributed by atoms with Gasteiger partial charge in [-0.2, -0.15) is 0 Å². The third-order valence-electron chi connectivity index (χ3n) is 5.34. The van der Waals surface area contributed by atoms with Crippen LogP contribution in [0.4, 0.5) is 0 Å². The maximum atomic E-state index is 13.0. The molecule has 2 aromatic carbocycles. The summed E-state index contributed by atoms with van der Waals surface area (Å²) in [4.78, 5) is 22.0. The third kappa shape index (κ3) is 6.59. The van der Waals surface area contributed by atoms with Gasteiger partial charge in [-0.25, -0.2) is 0 Å². The summed E-state index contributed by atoms with van der Waals surface area (Å²) in [7, 11) is 4.61. The first-order valence-electron chi connectivity index (χ1n) is 10.5. The van der Waals surface area contributed by atoms with Gasteiger partial charge in [0, 0.05) is 13.5 Å². The van der Waals surface area contributed by atoms with Gasteiger partial charge in [0.05, 0.1) is 39.4 Å². The van der Waals surface area contributed by atoms with Gasteiger partial charge in [-0.3, -0.25) is 9.59 Å². The molecule has 2 aromatic rings. The number of hydrogen-bond donors (Lipinski definition) is 4. The summed E-state index contributed by atoms with van der Waals surface area (Å²) in [6, 6.07) is 13.1. The fourth-order valence-corrected chi connectivity index (χ4v) is 3.87. The van der Waals surface area contributed by atoms with Crippen LogP contribution in [0.2, 0.25) is 0 Å².